The maximum atomic E-state index is 6.17. The van der Waals surface area contributed by atoms with Crippen LogP contribution < -0.4 is 10.2 Å². The van der Waals surface area contributed by atoms with Gasteiger partial charge in [0, 0.05) is 38.3 Å². The summed E-state index contributed by atoms with van der Waals surface area (Å²) in [5.41, 5.74) is 5.26. The molecule has 0 saturated carbocycles. The lowest BCUT2D eigenvalue weighted by Crippen LogP contribution is -2.44. The standard InChI is InChI=1S/C23H29N3O.HI/c1-17-9-11-19(12-10-17)22-20(7-5-15-27-22)16-25-23(24-2)26-14-13-18-6-3-4-8-21(18)26;/h3-4,6,8-12,20,22H,5,7,13-16H2,1-2H3,(H,24,25);1H. The number of aliphatic imine (C=N–C) groups is 1. The van der Waals surface area contributed by atoms with Gasteiger partial charge in [-0.15, -0.1) is 24.0 Å². The molecular formula is C23H30IN3O. The highest BCUT2D eigenvalue weighted by atomic mass is 127. The Morgan fingerprint density at radius 3 is 2.75 bits per heavy atom. The van der Waals surface area contributed by atoms with Crippen LogP contribution in [0.1, 0.15) is 35.6 Å². The van der Waals surface area contributed by atoms with Crippen molar-refractivity contribution < 1.29 is 4.74 Å². The van der Waals surface area contributed by atoms with Crippen molar-refractivity contribution in [3.05, 3.63) is 65.2 Å². The average Bonchev–Trinajstić information content (AvgIpc) is 3.14. The maximum absolute atomic E-state index is 6.17. The molecule has 0 bridgehead atoms. The van der Waals surface area contributed by atoms with E-state index in [1.54, 1.807) is 0 Å². The molecule has 0 aliphatic carbocycles. The zero-order valence-electron chi connectivity index (χ0n) is 16.7. The summed E-state index contributed by atoms with van der Waals surface area (Å²) in [7, 11) is 1.87. The van der Waals surface area contributed by atoms with Crippen LogP contribution in [0.15, 0.2) is 53.5 Å². The number of hydrogen-bond donors (Lipinski definition) is 1. The van der Waals surface area contributed by atoms with E-state index in [-0.39, 0.29) is 30.1 Å². The van der Waals surface area contributed by atoms with Crippen molar-refractivity contribution in [2.45, 2.75) is 32.3 Å². The molecule has 1 fully saturated rings. The Morgan fingerprint density at radius 1 is 1.18 bits per heavy atom. The minimum Gasteiger partial charge on any atom is -0.373 e. The molecule has 2 heterocycles. The van der Waals surface area contributed by atoms with Gasteiger partial charge in [0.1, 0.15) is 0 Å². The first kappa shape index (κ1) is 21.1. The van der Waals surface area contributed by atoms with Crippen LogP contribution >= 0.6 is 24.0 Å². The number of ether oxygens (including phenoxy) is 1. The monoisotopic (exact) mass is 491 g/mol. The summed E-state index contributed by atoms with van der Waals surface area (Å²) >= 11 is 0. The van der Waals surface area contributed by atoms with Crippen molar-refractivity contribution in [2.75, 3.05) is 31.6 Å². The number of anilines is 1. The number of benzene rings is 2. The van der Waals surface area contributed by atoms with Crippen LogP contribution in [0, 0.1) is 12.8 Å². The Labute approximate surface area is 185 Å². The van der Waals surface area contributed by atoms with E-state index in [1.807, 2.05) is 7.05 Å². The van der Waals surface area contributed by atoms with E-state index in [2.05, 4.69) is 70.7 Å². The van der Waals surface area contributed by atoms with Crippen molar-refractivity contribution in [3.8, 4) is 0 Å². The molecule has 0 aromatic heterocycles. The first-order valence-corrected chi connectivity index (χ1v) is 10.0. The molecule has 0 spiro atoms. The van der Waals surface area contributed by atoms with Gasteiger partial charge in [0.25, 0.3) is 0 Å². The van der Waals surface area contributed by atoms with Gasteiger partial charge in [-0.3, -0.25) is 4.99 Å². The second-order valence-electron chi connectivity index (χ2n) is 7.56. The predicted molar refractivity (Wildman–Crippen MR) is 127 cm³/mol. The van der Waals surface area contributed by atoms with Crippen LogP contribution in [-0.4, -0.2) is 32.7 Å². The lowest BCUT2D eigenvalue weighted by molar-refractivity contribution is -0.0265. The Balaban J connectivity index is 0.00000225. The number of aryl methyl sites for hydroxylation is 1. The molecule has 2 aliphatic heterocycles. The molecule has 1 N–H and O–H groups in total. The predicted octanol–water partition coefficient (Wildman–Crippen LogP) is 4.72. The fraction of sp³-hybridized carbons (Fsp3) is 0.435. The van der Waals surface area contributed by atoms with Crippen molar-refractivity contribution in [2.24, 2.45) is 10.9 Å². The van der Waals surface area contributed by atoms with Gasteiger partial charge in [-0.05, 0) is 43.4 Å². The van der Waals surface area contributed by atoms with Crippen molar-refractivity contribution in [1.29, 1.82) is 0 Å². The lowest BCUT2D eigenvalue weighted by atomic mass is 9.89. The number of fused-ring (bicyclic) bond motifs is 1. The van der Waals surface area contributed by atoms with Gasteiger partial charge in [0.2, 0.25) is 0 Å². The highest BCUT2D eigenvalue weighted by Gasteiger charge is 2.29. The normalized spacial score (nSPS) is 21.8. The number of halogens is 1. The molecule has 1 saturated heterocycles. The van der Waals surface area contributed by atoms with Crippen LogP contribution in [0.5, 0.6) is 0 Å². The third-order valence-electron chi connectivity index (χ3n) is 5.73. The van der Waals surface area contributed by atoms with E-state index in [4.69, 9.17) is 4.74 Å². The minimum absolute atomic E-state index is 0. The maximum Gasteiger partial charge on any atom is 0.198 e. The van der Waals surface area contributed by atoms with Crippen LogP contribution in [0.25, 0.3) is 0 Å². The Kier molecular flexibility index (Phi) is 7.35. The molecule has 4 nitrogen and oxygen atoms in total. The molecular weight excluding hydrogens is 461 g/mol. The SMILES string of the molecule is CN=C(NCC1CCCOC1c1ccc(C)cc1)N1CCc2ccccc21.I. The molecule has 150 valence electrons. The topological polar surface area (TPSA) is 36.9 Å². The number of guanidine groups is 1. The fourth-order valence-corrected chi connectivity index (χ4v) is 4.25. The van der Waals surface area contributed by atoms with Crippen LogP contribution in [0.4, 0.5) is 5.69 Å². The molecule has 28 heavy (non-hydrogen) atoms. The zero-order valence-corrected chi connectivity index (χ0v) is 19.1. The van der Waals surface area contributed by atoms with E-state index < -0.39 is 0 Å². The first-order valence-electron chi connectivity index (χ1n) is 10.0. The molecule has 0 radical (unpaired) electrons. The largest absolute Gasteiger partial charge is 0.373 e. The summed E-state index contributed by atoms with van der Waals surface area (Å²) in [5, 5.41) is 3.63. The molecule has 0 amide bonds. The Bertz CT molecular complexity index is 806. The Hall–Kier alpha value is -1.60. The molecule has 2 atom stereocenters. The van der Waals surface area contributed by atoms with Crippen LogP contribution in [-0.2, 0) is 11.2 Å². The van der Waals surface area contributed by atoms with E-state index >= 15 is 0 Å². The molecule has 2 aliphatic rings. The van der Waals surface area contributed by atoms with Gasteiger partial charge >= 0.3 is 0 Å². The molecule has 4 rings (SSSR count). The fourth-order valence-electron chi connectivity index (χ4n) is 4.25. The third kappa shape index (κ3) is 4.51. The summed E-state index contributed by atoms with van der Waals surface area (Å²) in [6.45, 7) is 4.84. The average molecular weight is 491 g/mol. The summed E-state index contributed by atoms with van der Waals surface area (Å²) in [4.78, 5) is 6.86. The number of nitrogens with zero attached hydrogens (tertiary/aromatic N) is 2. The second kappa shape index (κ2) is 9.74. The van der Waals surface area contributed by atoms with Crippen molar-refractivity contribution in [1.82, 2.24) is 5.32 Å². The summed E-state index contributed by atoms with van der Waals surface area (Å²) in [5.74, 6) is 1.42. The third-order valence-corrected chi connectivity index (χ3v) is 5.73. The number of nitrogens with one attached hydrogen (secondary N) is 1. The Morgan fingerprint density at radius 2 is 1.96 bits per heavy atom. The van der Waals surface area contributed by atoms with E-state index in [0.717, 1.165) is 38.5 Å². The summed E-state index contributed by atoms with van der Waals surface area (Å²) < 4.78 is 6.17. The van der Waals surface area contributed by atoms with E-state index in [9.17, 15) is 0 Å². The van der Waals surface area contributed by atoms with Gasteiger partial charge in [-0.1, -0.05) is 48.0 Å². The summed E-state index contributed by atoms with van der Waals surface area (Å²) in [6.07, 6.45) is 3.55. The zero-order chi connectivity index (χ0) is 18.6. The van der Waals surface area contributed by atoms with Gasteiger partial charge in [0.15, 0.2) is 5.96 Å². The van der Waals surface area contributed by atoms with Crippen LogP contribution in [0.2, 0.25) is 0 Å². The second-order valence-corrected chi connectivity index (χ2v) is 7.56. The number of hydrogen-bond acceptors (Lipinski definition) is 2. The van der Waals surface area contributed by atoms with E-state index in [1.165, 1.54) is 28.8 Å². The molecule has 2 unspecified atom stereocenters. The van der Waals surface area contributed by atoms with E-state index in [0.29, 0.717) is 5.92 Å². The van der Waals surface area contributed by atoms with Gasteiger partial charge < -0.3 is 15.0 Å². The van der Waals surface area contributed by atoms with Crippen molar-refractivity contribution in [3.63, 3.8) is 0 Å². The quantitative estimate of drug-likeness (QED) is 0.384. The lowest BCUT2D eigenvalue weighted by Gasteiger charge is -2.33. The van der Waals surface area contributed by atoms with Gasteiger partial charge in [-0.2, -0.15) is 0 Å². The van der Waals surface area contributed by atoms with Gasteiger partial charge in [0.05, 0.1) is 6.10 Å². The molecule has 2 aromatic rings. The smallest absolute Gasteiger partial charge is 0.198 e. The number of para-hydroxylation sites is 1. The highest BCUT2D eigenvalue weighted by molar-refractivity contribution is 14.0. The van der Waals surface area contributed by atoms with Crippen molar-refractivity contribution >= 4 is 35.6 Å². The van der Waals surface area contributed by atoms with Gasteiger partial charge in [-0.25, -0.2) is 0 Å². The molecule has 2 aromatic carbocycles. The first-order chi connectivity index (χ1) is 13.3. The number of rotatable bonds is 3. The summed E-state index contributed by atoms with van der Waals surface area (Å²) in [6, 6.07) is 17.4. The van der Waals surface area contributed by atoms with Crippen LogP contribution in [0.3, 0.4) is 0 Å². The highest BCUT2D eigenvalue weighted by Crippen LogP contribution is 2.33. The minimum atomic E-state index is 0. The molecule has 5 heteroatoms.